The van der Waals surface area contributed by atoms with Gasteiger partial charge in [-0.05, 0) is 70.6 Å². The van der Waals surface area contributed by atoms with Crippen molar-refractivity contribution in [3.05, 3.63) is 36.5 Å². The highest BCUT2D eigenvalue weighted by atomic mass is 16.6. The van der Waals surface area contributed by atoms with Crippen LogP contribution >= 0.6 is 0 Å². The van der Waals surface area contributed by atoms with E-state index >= 15 is 0 Å². The molecule has 0 aromatic rings. The van der Waals surface area contributed by atoms with E-state index in [1.807, 2.05) is 0 Å². The first-order chi connectivity index (χ1) is 32.0. The fourth-order valence-electron chi connectivity index (χ4n) is 8.28. The number of esters is 3. The third-order valence-electron chi connectivity index (χ3n) is 12.6. The molecule has 0 fully saturated rings. The molecule has 0 rings (SSSR count). The number of allylic oxidation sites excluding steroid dienone is 6. The average molecular weight is 914 g/mol. The van der Waals surface area contributed by atoms with E-state index in [1.54, 1.807) is 0 Å². The zero-order valence-corrected chi connectivity index (χ0v) is 43.5. The molecule has 0 aliphatic heterocycles. The minimum atomic E-state index is -0.776. The van der Waals surface area contributed by atoms with Crippen LogP contribution in [0.5, 0.6) is 0 Å². The Balaban J connectivity index is 4.30. The molecular formula is C59H108O6. The fraction of sp³-hybridized carbons (Fsp3) is 0.847. The van der Waals surface area contributed by atoms with Gasteiger partial charge in [-0.1, -0.05) is 250 Å². The monoisotopic (exact) mass is 913 g/mol. The smallest absolute Gasteiger partial charge is 0.306 e. The largest absolute Gasteiger partial charge is 0.462 e. The third-order valence-corrected chi connectivity index (χ3v) is 12.6. The first-order valence-corrected chi connectivity index (χ1v) is 28.5. The van der Waals surface area contributed by atoms with Crippen molar-refractivity contribution < 1.29 is 28.6 Å². The third kappa shape index (κ3) is 52.5. The number of unbranched alkanes of at least 4 members (excludes halogenated alkanes) is 35. The maximum atomic E-state index is 12.8. The molecule has 0 N–H and O–H groups in total. The Bertz CT molecular complexity index is 1090. The summed E-state index contributed by atoms with van der Waals surface area (Å²) in [5, 5.41) is 0. The van der Waals surface area contributed by atoms with Crippen molar-refractivity contribution in [1.29, 1.82) is 0 Å². The number of rotatable bonds is 52. The van der Waals surface area contributed by atoms with Gasteiger partial charge in [-0.15, -0.1) is 0 Å². The highest BCUT2D eigenvalue weighted by Gasteiger charge is 2.19. The van der Waals surface area contributed by atoms with Gasteiger partial charge in [0, 0.05) is 19.3 Å². The summed E-state index contributed by atoms with van der Waals surface area (Å²) >= 11 is 0. The Kier molecular flexibility index (Phi) is 52.3. The van der Waals surface area contributed by atoms with Gasteiger partial charge in [-0.25, -0.2) is 0 Å². The molecule has 0 aliphatic rings. The van der Waals surface area contributed by atoms with Crippen molar-refractivity contribution in [2.75, 3.05) is 13.2 Å². The first kappa shape index (κ1) is 62.6. The number of ether oxygens (including phenoxy) is 3. The van der Waals surface area contributed by atoms with Crippen molar-refractivity contribution in [2.45, 2.75) is 309 Å². The van der Waals surface area contributed by atoms with Gasteiger partial charge in [0.25, 0.3) is 0 Å². The second-order valence-corrected chi connectivity index (χ2v) is 19.2. The highest BCUT2D eigenvalue weighted by molar-refractivity contribution is 5.71. The zero-order valence-electron chi connectivity index (χ0n) is 43.5. The van der Waals surface area contributed by atoms with Gasteiger partial charge >= 0.3 is 17.9 Å². The lowest BCUT2D eigenvalue weighted by atomic mass is 10.0. The average Bonchev–Trinajstić information content (AvgIpc) is 3.30. The van der Waals surface area contributed by atoms with E-state index in [4.69, 9.17) is 14.2 Å². The maximum absolute atomic E-state index is 12.8. The van der Waals surface area contributed by atoms with Crippen molar-refractivity contribution in [3.8, 4) is 0 Å². The second-order valence-electron chi connectivity index (χ2n) is 19.2. The van der Waals surface area contributed by atoms with Gasteiger partial charge in [0.15, 0.2) is 6.10 Å². The lowest BCUT2D eigenvalue weighted by Gasteiger charge is -2.18. The molecule has 0 heterocycles. The Morgan fingerprint density at radius 3 is 0.938 bits per heavy atom. The van der Waals surface area contributed by atoms with Crippen LogP contribution in [-0.4, -0.2) is 37.2 Å². The van der Waals surface area contributed by atoms with E-state index in [2.05, 4.69) is 57.2 Å². The number of carbonyl (C=O) groups is 3. The molecule has 0 unspecified atom stereocenters. The molecule has 0 spiro atoms. The molecule has 0 radical (unpaired) electrons. The summed E-state index contributed by atoms with van der Waals surface area (Å²) in [6, 6.07) is 0. The van der Waals surface area contributed by atoms with E-state index in [0.29, 0.717) is 19.3 Å². The van der Waals surface area contributed by atoms with Gasteiger partial charge in [-0.3, -0.25) is 14.4 Å². The minimum Gasteiger partial charge on any atom is -0.462 e. The van der Waals surface area contributed by atoms with E-state index < -0.39 is 6.10 Å². The van der Waals surface area contributed by atoms with E-state index in [9.17, 15) is 14.4 Å². The van der Waals surface area contributed by atoms with Crippen molar-refractivity contribution in [2.24, 2.45) is 0 Å². The van der Waals surface area contributed by atoms with Gasteiger partial charge < -0.3 is 14.2 Å². The molecule has 0 aromatic heterocycles. The van der Waals surface area contributed by atoms with Gasteiger partial charge in [0.1, 0.15) is 13.2 Å². The van der Waals surface area contributed by atoms with Crippen molar-refractivity contribution >= 4 is 17.9 Å². The number of hydrogen-bond donors (Lipinski definition) is 0. The molecule has 0 amide bonds. The summed E-state index contributed by atoms with van der Waals surface area (Å²) < 4.78 is 16.8. The second kappa shape index (κ2) is 54.2. The molecule has 0 aliphatic carbocycles. The van der Waals surface area contributed by atoms with Gasteiger partial charge in [-0.2, -0.15) is 0 Å². The summed E-state index contributed by atoms with van der Waals surface area (Å²) in [5.74, 6) is -0.877. The predicted molar refractivity (Wildman–Crippen MR) is 279 cm³/mol. The molecule has 6 nitrogen and oxygen atoms in total. The topological polar surface area (TPSA) is 78.9 Å². The summed E-state index contributed by atoms with van der Waals surface area (Å²) in [7, 11) is 0. The van der Waals surface area contributed by atoms with Crippen LogP contribution in [0.2, 0.25) is 0 Å². The van der Waals surface area contributed by atoms with Gasteiger partial charge in [0.2, 0.25) is 0 Å². The molecular weight excluding hydrogens is 805 g/mol. The minimum absolute atomic E-state index is 0.0746. The van der Waals surface area contributed by atoms with Gasteiger partial charge in [0.05, 0.1) is 0 Å². The molecule has 1 atom stereocenters. The van der Waals surface area contributed by atoms with Crippen LogP contribution in [0, 0.1) is 0 Å². The van der Waals surface area contributed by atoms with E-state index in [-0.39, 0.29) is 31.1 Å². The molecule has 0 saturated heterocycles. The number of carbonyl (C=O) groups excluding carboxylic acids is 3. The quantitative estimate of drug-likeness (QED) is 0.0262. The lowest BCUT2D eigenvalue weighted by molar-refractivity contribution is -0.167. The summed E-state index contributed by atoms with van der Waals surface area (Å²) in [6.07, 6.45) is 64.2. The van der Waals surface area contributed by atoms with Crippen LogP contribution in [0.25, 0.3) is 0 Å². The SMILES string of the molecule is CCCC/C=C\CCCCCCCC(=O)OC[C@H](COC(=O)CCCCCCCCCCCCCCCCCCCCC)OC(=O)CCCCCCCCC/C=C\C/C=C\CCCCC. The zero-order chi connectivity index (χ0) is 47.2. The van der Waals surface area contributed by atoms with Crippen LogP contribution in [0.1, 0.15) is 303 Å². The molecule has 380 valence electrons. The van der Waals surface area contributed by atoms with Crippen LogP contribution < -0.4 is 0 Å². The highest BCUT2D eigenvalue weighted by Crippen LogP contribution is 2.16. The summed E-state index contributed by atoms with van der Waals surface area (Å²) in [5.41, 5.74) is 0. The Labute approximate surface area is 404 Å². The van der Waals surface area contributed by atoms with E-state index in [1.165, 1.54) is 186 Å². The van der Waals surface area contributed by atoms with Crippen LogP contribution in [0.15, 0.2) is 36.5 Å². The maximum Gasteiger partial charge on any atom is 0.306 e. The van der Waals surface area contributed by atoms with Crippen molar-refractivity contribution in [3.63, 3.8) is 0 Å². The van der Waals surface area contributed by atoms with Crippen LogP contribution in [0.4, 0.5) is 0 Å². The molecule has 0 bridgehead atoms. The molecule has 6 heteroatoms. The Morgan fingerprint density at radius 2 is 0.569 bits per heavy atom. The normalized spacial score (nSPS) is 12.2. The standard InChI is InChI=1S/C59H108O6/c1-4-7-10-13-16-19-22-24-26-28-29-31-32-34-37-40-43-46-49-52-58(61)64-55-56(54-63-57(60)51-48-45-42-39-36-21-18-15-12-9-6-3)65-59(62)53-50-47-44-41-38-35-33-30-27-25-23-20-17-14-11-8-5-2/h15,17-18,20,25,27,56H,4-14,16,19,21-24,26,28-55H2,1-3H3/b18-15-,20-17-,27-25-/t56-/m1/s1. The Morgan fingerprint density at radius 1 is 0.308 bits per heavy atom. The molecule has 65 heavy (non-hydrogen) atoms. The molecule has 0 saturated carbocycles. The Hall–Kier alpha value is -2.37. The number of hydrogen-bond acceptors (Lipinski definition) is 6. The van der Waals surface area contributed by atoms with E-state index in [0.717, 1.165) is 77.0 Å². The fourth-order valence-corrected chi connectivity index (χ4v) is 8.28. The predicted octanol–water partition coefficient (Wildman–Crippen LogP) is 18.9. The van der Waals surface area contributed by atoms with Crippen molar-refractivity contribution in [1.82, 2.24) is 0 Å². The summed E-state index contributed by atoms with van der Waals surface area (Å²) in [6.45, 7) is 6.60. The van der Waals surface area contributed by atoms with Crippen LogP contribution in [-0.2, 0) is 28.6 Å². The van der Waals surface area contributed by atoms with Crippen LogP contribution in [0.3, 0.4) is 0 Å². The first-order valence-electron chi connectivity index (χ1n) is 28.5. The molecule has 0 aromatic carbocycles. The lowest BCUT2D eigenvalue weighted by Crippen LogP contribution is -2.30. The summed E-state index contributed by atoms with van der Waals surface area (Å²) in [4.78, 5) is 38.1.